The third-order valence-corrected chi connectivity index (χ3v) is 17.1. The van der Waals surface area contributed by atoms with Crippen molar-refractivity contribution in [1.29, 1.82) is 0 Å². The van der Waals surface area contributed by atoms with Crippen LogP contribution in [0.1, 0.15) is 90.2 Å². The minimum atomic E-state index is -1.58. The van der Waals surface area contributed by atoms with Gasteiger partial charge in [0.15, 0.2) is 16.6 Å². The van der Waals surface area contributed by atoms with Gasteiger partial charge in [-0.25, -0.2) is 0 Å². The van der Waals surface area contributed by atoms with Crippen molar-refractivity contribution >= 4 is 16.6 Å². The Labute approximate surface area is 252 Å². The zero-order valence-electron chi connectivity index (χ0n) is 26.8. The third-order valence-electron chi connectivity index (χ3n) is 9.49. The highest BCUT2D eigenvalue weighted by molar-refractivity contribution is 6.73. The SMILES string of the molecule is CC1CCCC[Si](C)(CCCOc2ccc(C(C)(C)c3ccc(OCCC[Si]4(C)CCCCC(C)O4)cc3)cc2)O1. The smallest absolute Gasteiger partial charge is 0.190 e. The van der Waals surface area contributed by atoms with Crippen LogP contribution in [0.15, 0.2) is 48.5 Å². The van der Waals surface area contributed by atoms with Crippen LogP contribution in [0.5, 0.6) is 11.5 Å². The largest absolute Gasteiger partial charge is 0.494 e. The van der Waals surface area contributed by atoms with Crippen molar-refractivity contribution in [3.63, 3.8) is 0 Å². The highest BCUT2D eigenvalue weighted by atomic mass is 28.4. The van der Waals surface area contributed by atoms with Crippen molar-refractivity contribution in [3.05, 3.63) is 59.7 Å². The van der Waals surface area contributed by atoms with Gasteiger partial charge in [0.05, 0.1) is 13.2 Å². The van der Waals surface area contributed by atoms with Crippen molar-refractivity contribution in [1.82, 2.24) is 0 Å². The van der Waals surface area contributed by atoms with E-state index in [2.05, 4.69) is 89.3 Å². The fourth-order valence-electron chi connectivity index (χ4n) is 6.81. The maximum atomic E-state index is 6.48. The molecule has 2 aromatic rings. The Bertz CT molecular complexity index is 973. The normalized spacial score (nSPS) is 27.6. The van der Waals surface area contributed by atoms with Crippen LogP contribution in [0.3, 0.4) is 0 Å². The van der Waals surface area contributed by atoms with Crippen LogP contribution in [0, 0.1) is 0 Å². The molecule has 228 valence electrons. The predicted molar refractivity (Wildman–Crippen MR) is 176 cm³/mol. The van der Waals surface area contributed by atoms with Gasteiger partial charge in [-0.2, -0.15) is 0 Å². The van der Waals surface area contributed by atoms with Gasteiger partial charge in [0.2, 0.25) is 0 Å². The first kappa shape index (κ1) is 32.3. The molecule has 4 rings (SSSR count). The Hall–Kier alpha value is -1.61. The molecule has 2 aliphatic heterocycles. The molecule has 0 saturated carbocycles. The lowest BCUT2D eigenvalue weighted by Crippen LogP contribution is -2.36. The van der Waals surface area contributed by atoms with Gasteiger partial charge >= 0.3 is 0 Å². The van der Waals surface area contributed by atoms with Gasteiger partial charge in [0.1, 0.15) is 11.5 Å². The quantitative estimate of drug-likeness (QED) is 0.180. The van der Waals surface area contributed by atoms with Gasteiger partial charge in [-0.15, -0.1) is 0 Å². The van der Waals surface area contributed by atoms with Crippen LogP contribution in [0.2, 0.25) is 37.3 Å². The number of hydrogen-bond acceptors (Lipinski definition) is 4. The lowest BCUT2D eigenvalue weighted by atomic mass is 9.78. The standard InChI is InChI=1S/C35H56O4Si2/c1-29-13-7-9-25-40(5,38-29)27-11-23-36-33-19-15-31(16-20-33)35(3,4)32-17-21-34(22-18-32)37-24-12-28-41(6)26-10-8-14-30(2)39-41/h15-22,29-30H,7-14,23-28H2,1-6H3. The lowest BCUT2D eigenvalue weighted by molar-refractivity contribution is 0.203. The summed E-state index contributed by atoms with van der Waals surface area (Å²) < 4.78 is 25.2. The van der Waals surface area contributed by atoms with Gasteiger partial charge in [0.25, 0.3) is 0 Å². The molecular formula is C35H56O4Si2. The van der Waals surface area contributed by atoms with E-state index in [-0.39, 0.29) is 5.41 Å². The zero-order valence-corrected chi connectivity index (χ0v) is 28.8. The van der Waals surface area contributed by atoms with Crippen molar-refractivity contribution < 1.29 is 18.3 Å². The van der Waals surface area contributed by atoms with Crippen LogP contribution in [-0.2, 0) is 14.3 Å². The Morgan fingerprint density at radius 1 is 0.659 bits per heavy atom. The molecule has 2 heterocycles. The Morgan fingerprint density at radius 2 is 1.05 bits per heavy atom. The highest BCUT2D eigenvalue weighted by Crippen LogP contribution is 2.34. The Balaban J connectivity index is 1.21. The highest BCUT2D eigenvalue weighted by Gasteiger charge is 2.33. The summed E-state index contributed by atoms with van der Waals surface area (Å²) in [6.07, 6.45) is 10.7. The second kappa shape index (κ2) is 14.7. The lowest BCUT2D eigenvalue weighted by Gasteiger charge is -2.28. The molecule has 0 radical (unpaired) electrons. The zero-order chi connectivity index (χ0) is 29.3. The van der Waals surface area contributed by atoms with E-state index in [9.17, 15) is 0 Å². The topological polar surface area (TPSA) is 36.9 Å². The van der Waals surface area contributed by atoms with Gasteiger partial charge in [-0.05, 0) is 112 Å². The molecular weight excluding hydrogens is 541 g/mol. The average Bonchev–Trinajstić information content (AvgIpc) is 3.23. The van der Waals surface area contributed by atoms with E-state index in [0.29, 0.717) is 12.2 Å². The first-order valence-electron chi connectivity index (χ1n) is 16.4. The second-order valence-corrected chi connectivity index (χ2v) is 22.1. The molecule has 4 atom stereocenters. The minimum absolute atomic E-state index is 0.0987. The van der Waals surface area contributed by atoms with Gasteiger partial charge in [-0.1, -0.05) is 63.8 Å². The summed E-state index contributed by atoms with van der Waals surface area (Å²) >= 11 is 0. The summed E-state index contributed by atoms with van der Waals surface area (Å²) in [5, 5.41) is 0. The maximum Gasteiger partial charge on any atom is 0.190 e. The maximum absolute atomic E-state index is 6.48. The molecule has 2 fully saturated rings. The first-order chi connectivity index (χ1) is 19.6. The molecule has 6 heteroatoms. The van der Waals surface area contributed by atoms with E-state index in [0.717, 1.165) is 37.6 Å². The van der Waals surface area contributed by atoms with E-state index in [4.69, 9.17) is 18.3 Å². The fourth-order valence-corrected chi connectivity index (χ4v) is 13.7. The number of hydrogen-bond donors (Lipinski definition) is 0. The van der Waals surface area contributed by atoms with Crippen molar-refractivity contribution in [2.45, 2.75) is 134 Å². The average molecular weight is 597 g/mol. The molecule has 0 aliphatic carbocycles. The van der Waals surface area contributed by atoms with E-state index in [1.165, 1.54) is 73.8 Å². The van der Waals surface area contributed by atoms with Gasteiger partial charge in [-0.3, -0.25) is 0 Å². The molecule has 41 heavy (non-hydrogen) atoms. The van der Waals surface area contributed by atoms with Gasteiger partial charge < -0.3 is 18.3 Å². The van der Waals surface area contributed by atoms with Crippen LogP contribution in [-0.4, -0.2) is 42.1 Å². The number of ether oxygens (including phenoxy) is 2. The summed E-state index contributed by atoms with van der Waals surface area (Å²) in [5.74, 6) is 1.91. The van der Waals surface area contributed by atoms with E-state index in [1.807, 2.05) is 0 Å². The molecule has 0 aromatic heterocycles. The second-order valence-electron chi connectivity index (χ2n) is 13.8. The number of rotatable bonds is 12. The molecule has 4 unspecified atom stereocenters. The molecule has 4 nitrogen and oxygen atoms in total. The summed E-state index contributed by atoms with van der Waals surface area (Å²) in [4.78, 5) is 0. The van der Waals surface area contributed by atoms with E-state index in [1.54, 1.807) is 0 Å². The van der Waals surface area contributed by atoms with Crippen LogP contribution in [0.4, 0.5) is 0 Å². The van der Waals surface area contributed by atoms with E-state index >= 15 is 0 Å². The van der Waals surface area contributed by atoms with Crippen molar-refractivity contribution in [2.24, 2.45) is 0 Å². The summed E-state index contributed by atoms with van der Waals surface area (Å²) in [7, 11) is -3.16. The van der Waals surface area contributed by atoms with Gasteiger partial charge in [0, 0.05) is 17.6 Å². The molecule has 0 spiro atoms. The van der Waals surface area contributed by atoms with Crippen molar-refractivity contribution in [3.8, 4) is 11.5 Å². The summed E-state index contributed by atoms with van der Waals surface area (Å²) in [5.41, 5.74) is 2.48. The monoisotopic (exact) mass is 596 g/mol. The Kier molecular flexibility index (Phi) is 11.6. The Morgan fingerprint density at radius 3 is 1.44 bits per heavy atom. The minimum Gasteiger partial charge on any atom is -0.494 e. The molecule has 0 amide bonds. The third kappa shape index (κ3) is 9.70. The van der Waals surface area contributed by atoms with Crippen LogP contribution < -0.4 is 9.47 Å². The van der Waals surface area contributed by atoms with E-state index < -0.39 is 16.6 Å². The molecule has 0 bridgehead atoms. The molecule has 2 saturated heterocycles. The molecule has 0 N–H and O–H groups in total. The van der Waals surface area contributed by atoms with Crippen molar-refractivity contribution in [2.75, 3.05) is 13.2 Å². The summed E-state index contributed by atoms with van der Waals surface area (Å²) in [6, 6.07) is 22.3. The van der Waals surface area contributed by atoms with Crippen LogP contribution in [0.25, 0.3) is 0 Å². The van der Waals surface area contributed by atoms with Crippen LogP contribution >= 0.6 is 0 Å². The fraction of sp³-hybridized carbons (Fsp3) is 0.657. The first-order valence-corrected chi connectivity index (χ1v) is 22.0. The predicted octanol–water partition coefficient (Wildman–Crippen LogP) is 9.88. The molecule has 2 aliphatic rings. The number of benzene rings is 2. The molecule has 2 aromatic carbocycles. The summed E-state index contributed by atoms with van der Waals surface area (Å²) in [6.45, 7) is 15.4.